The lowest BCUT2D eigenvalue weighted by atomic mass is 9.33. The van der Waals surface area contributed by atoms with Gasteiger partial charge in [0.25, 0.3) is 6.71 Å². The van der Waals surface area contributed by atoms with Gasteiger partial charge in [-0.25, -0.2) is 0 Å². The molecule has 1 aromatic heterocycles. The third kappa shape index (κ3) is 1.81. The summed E-state index contributed by atoms with van der Waals surface area (Å²) in [5.41, 5.74) is 11.3. The first-order valence-electron chi connectivity index (χ1n) is 11.8. The number of fused-ring (bicyclic) bond motifs is 10. The molecule has 0 atom stereocenters. The molecular weight excluding hydrogens is 415 g/mol. The fraction of sp³-hybridized carbons (Fsp3) is 0. The van der Waals surface area contributed by atoms with Crippen molar-refractivity contribution in [2.45, 2.75) is 0 Å². The summed E-state index contributed by atoms with van der Waals surface area (Å²) in [5, 5.41) is 2.62. The summed E-state index contributed by atoms with van der Waals surface area (Å²) in [6.45, 7) is 0.159. The minimum atomic E-state index is 0.159. The standard InChI is InChI=1S/C30H17BN2O/c1-3-12-22-18(8-1)19-9-7-11-21-29(19)32(22)25-16-17-27-30-28(25)31(21)20-10-2-4-13-23(20)33(30)24-14-5-6-15-26(24)34-27/h1-17H. The van der Waals surface area contributed by atoms with Crippen molar-refractivity contribution in [2.24, 2.45) is 0 Å². The van der Waals surface area contributed by atoms with Gasteiger partial charge in [-0.05, 0) is 52.8 Å². The molecule has 0 saturated heterocycles. The van der Waals surface area contributed by atoms with E-state index < -0.39 is 0 Å². The molecule has 6 aromatic rings. The van der Waals surface area contributed by atoms with Gasteiger partial charge in [0, 0.05) is 27.7 Å². The van der Waals surface area contributed by atoms with Crippen LogP contribution in [0.1, 0.15) is 0 Å². The number of hydrogen-bond acceptors (Lipinski definition) is 2. The molecule has 3 aliphatic heterocycles. The molecule has 3 aliphatic rings. The first-order valence-corrected chi connectivity index (χ1v) is 11.8. The van der Waals surface area contributed by atoms with Crippen LogP contribution >= 0.6 is 0 Å². The van der Waals surface area contributed by atoms with Crippen LogP contribution in [0.2, 0.25) is 0 Å². The predicted molar refractivity (Wildman–Crippen MR) is 140 cm³/mol. The largest absolute Gasteiger partial charge is 0.453 e. The highest BCUT2D eigenvalue weighted by atomic mass is 16.5. The van der Waals surface area contributed by atoms with Gasteiger partial charge in [0.05, 0.1) is 16.9 Å². The highest BCUT2D eigenvalue weighted by Gasteiger charge is 2.44. The maximum Gasteiger partial charge on any atom is 0.252 e. The van der Waals surface area contributed by atoms with E-state index in [2.05, 4.69) is 107 Å². The Morgan fingerprint density at radius 1 is 0.559 bits per heavy atom. The normalized spacial score (nSPS) is 14.0. The Morgan fingerprint density at radius 2 is 1.32 bits per heavy atom. The first kappa shape index (κ1) is 17.1. The van der Waals surface area contributed by atoms with E-state index in [1.807, 2.05) is 6.07 Å². The van der Waals surface area contributed by atoms with Crippen molar-refractivity contribution in [3.63, 3.8) is 0 Å². The second kappa shape index (κ2) is 5.73. The van der Waals surface area contributed by atoms with Crippen LogP contribution in [-0.2, 0) is 0 Å². The Kier molecular flexibility index (Phi) is 2.88. The van der Waals surface area contributed by atoms with E-state index in [0.717, 1.165) is 17.2 Å². The van der Waals surface area contributed by atoms with E-state index in [-0.39, 0.29) is 6.71 Å². The van der Waals surface area contributed by atoms with Crippen molar-refractivity contribution < 1.29 is 4.74 Å². The van der Waals surface area contributed by atoms with E-state index in [1.165, 1.54) is 55.3 Å². The first-order chi connectivity index (χ1) is 16.9. The van der Waals surface area contributed by atoms with Gasteiger partial charge in [-0.1, -0.05) is 66.7 Å². The van der Waals surface area contributed by atoms with Crippen LogP contribution in [0.25, 0.3) is 27.5 Å². The summed E-state index contributed by atoms with van der Waals surface area (Å²) in [7, 11) is 0. The van der Waals surface area contributed by atoms with Crippen molar-refractivity contribution in [1.82, 2.24) is 4.57 Å². The van der Waals surface area contributed by atoms with Gasteiger partial charge in [0.15, 0.2) is 11.5 Å². The molecule has 9 rings (SSSR count). The van der Waals surface area contributed by atoms with Gasteiger partial charge in [-0.3, -0.25) is 0 Å². The maximum absolute atomic E-state index is 6.49. The summed E-state index contributed by atoms with van der Waals surface area (Å²) >= 11 is 0. The molecule has 0 spiro atoms. The zero-order valence-electron chi connectivity index (χ0n) is 18.2. The Hall–Kier alpha value is -4.44. The fourth-order valence-corrected chi connectivity index (χ4v) is 6.53. The van der Waals surface area contributed by atoms with E-state index in [4.69, 9.17) is 4.74 Å². The van der Waals surface area contributed by atoms with Crippen LogP contribution < -0.4 is 26.0 Å². The lowest BCUT2D eigenvalue weighted by molar-refractivity contribution is 0.477. The second-order valence-electron chi connectivity index (χ2n) is 9.34. The van der Waals surface area contributed by atoms with Crippen LogP contribution in [0.5, 0.6) is 11.5 Å². The van der Waals surface area contributed by atoms with Gasteiger partial charge >= 0.3 is 0 Å². The van der Waals surface area contributed by atoms with Crippen LogP contribution in [0, 0.1) is 0 Å². The molecule has 0 saturated carbocycles. The monoisotopic (exact) mass is 432 g/mol. The quantitative estimate of drug-likeness (QED) is 0.295. The third-order valence-electron chi connectivity index (χ3n) is 7.76. The third-order valence-corrected chi connectivity index (χ3v) is 7.76. The average Bonchev–Trinajstić information content (AvgIpc) is 3.24. The zero-order chi connectivity index (χ0) is 22.0. The average molecular weight is 432 g/mol. The topological polar surface area (TPSA) is 17.4 Å². The van der Waals surface area contributed by atoms with E-state index in [1.54, 1.807) is 0 Å². The van der Waals surface area contributed by atoms with Crippen molar-refractivity contribution in [2.75, 3.05) is 4.90 Å². The van der Waals surface area contributed by atoms with Crippen LogP contribution in [0.15, 0.2) is 103 Å². The second-order valence-corrected chi connectivity index (χ2v) is 9.34. The smallest absolute Gasteiger partial charge is 0.252 e. The fourth-order valence-electron chi connectivity index (χ4n) is 6.53. The molecule has 0 bridgehead atoms. The minimum absolute atomic E-state index is 0.159. The Balaban J connectivity index is 1.52. The van der Waals surface area contributed by atoms with Crippen LogP contribution in [0.4, 0.5) is 17.1 Å². The molecule has 5 aromatic carbocycles. The SMILES string of the molecule is c1ccc2c(c1)Oc1ccc3c4c1N2c1ccccc1B4c1cccc2c4ccccc4n-3c12. The van der Waals surface area contributed by atoms with Crippen LogP contribution in [-0.4, -0.2) is 11.3 Å². The van der Waals surface area contributed by atoms with E-state index in [9.17, 15) is 0 Å². The highest BCUT2D eigenvalue weighted by molar-refractivity contribution is 7.00. The number of hydrogen-bond donors (Lipinski definition) is 0. The van der Waals surface area contributed by atoms with E-state index in [0.29, 0.717) is 0 Å². The summed E-state index contributed by atoms with van der Waals surface area (Å²) in [6, 6.07) is 37.2. The molecule has 4 heterocycles. The number of benzene rings is 5. The van der Waals surface area contributed by atoms with Crippen molar-refractivity contribution in [3.05, 3.63) is 103 Å². The summed E-state index contributed by atoms with van der Waals surface area (Å²) in [4.78, 5) is 2.41. The van der Waals surface area contributed by atoms with Gasteiger partial charge in [-0.2, -0.15) is 0 Å². The number of anilines is 3. The van der Waals surface area contributed by atoms with Gasteiger partial charge in [0.1, 0.15) is 0 Å². The number of ether oxygens (including phenoxy) is 1. The molecule has 0 fully saturated rings. The summed E-state index contributed by atoms with van der Waals surface area (Å²) in [5.74, 6) is 1.82. The molecule has 0 amide bonds. The highest BCUT2D eigenvalue weighted by Crippen LogP contribution is 2.52. The van der Waals surface area contributed by atoms with Crippen molar-refractivity contribution >= 4 is 62.0 Å². The van der Waals surface area contributed by atoms with Crippen molar-refractivity contribution in [1.29, 1.82) is 0 Å². The number of aromatic nitrogens is 1. The summed E-state index contributed by atoms with van der Waals surface area (Å²) < 4.78 is 8.96. The molecule has 0 N–H and O–H groups in total. The maximum atomic E-state index is 6.49. The molecule has 34 heavy (non-hydrogen) atoms. The van der Waals surface area contributed by atoms with E-state index >= 15 is 0 Å². The Morgan fingerprint density at radius 3 is 2.29 bits per heavy atom. The number of rotatable bonds is 0. The van der Waals surface area contributed by atoms with Gasteiger partial charge in [-0.15, -0.1) is 0 Å². The Labute approximate surface area is 196 Å². The van der Waals surface area contributed by atoms with Gasteiger partial charge in [0.2, 0.25) is 0 Å². The summed E-state index contributed by atoms with van der Waals surface area (Å²) in [6.07, 6.45) is 0. The predicted octanol–water partition coefficient (Wildman–Crippen LogP) is 5.50. The Bertz CT molecular complexity index is 1870. The van der Waals surface area contributed by atoms with Crippen LogP contribution in [0.3, 0.4) is 0 Å². The molecule has 0 aliphatic carbocycles. The lowest BCUT2D eigenvalue weighted by Crippen LogP contribution is -2.60. The van der Waals surface area contributed by atoms with Gasteiger partial charge < -0.3 is 14.2 Å². The number of para-hydroxylation sites is 5. The molecular formula is C30H17BN2O. The molecule has 3 nitrogen and oxygen atoms in total. The molecule has 156 valence electrons. The minimum Gasteiger partial charge on any atom is -0.453 e. The van der Waals surface area contributed by atoms with Crippen molar-refractivity contribution in [3.8, 4) is 17.2 Å². The lowest BCUT2D eigenvalue weighted by Gasteiger charge is -2.43. The number of nitrogens with zero attached hydrogens (tertiary/aromatic N) is 2. The molecule has 0 radical (unpaired) electrons. The zero-order valence-corrected chi connectivity index (χ0v) is 18.2. The molecule has 4 heteroatoms. The molecule has 0 unspecified atom stereocenters.